The van der Waals surface area contributed by atoms with E-state index in [9.17, 15) is 8.42 Å². The number of hydrogen-bond donors (Lipinski definition) is 1. The Morgan fingerprint density at radius 3 is 2.47 bits per heavy atom. The van der Waals surface area contributed by atoms with E-state index in [1.807, 2.05) is 6.92 Å². The number of primary sulfonamides is 1. The molecule has 0 spiro atoms. The van der Waals surface area contributed by atoms with Gasteiger partial charge in [0.2, 0.25) is 10.0 Å². The maximum Gasteiger partial charge on any atom is 0.209 e. The van der Waals surface area contributed by atoms with Crippen LogP contribution in [0.4, 0.5) is 0 Å². The van der Waals surface area contributed by atoms with Crippen molar-refractivity contribution in [3.8, 4) is 0 Å². The van der Waals surface area contributed by atoms with Gasteiger partial charge in [0.1, 0.15) is 0 Å². The molecule has 0 aliphatic rings. The summed E-state index contributed by atoms with van der Waals surface area (Å²) in [6.45, 7) is 3.44. The van der Waals surface area contributed by atoms with Crippen LogP contribution < -0.4 is 5.14 Å². The summed E-state index contributed by atoms with van der Waals surface area (Å²) in [6, 6.07) is 0. The SMILES string of the molecule is CCCC(COCCOC)CS(N)(=O)=O. The minimum absolute atomic E-state index is 0.00613. The van der Waals surface area contributed by atoms with Crippen LogP contribution in [0.3, 0.4) is 0 Å². The molecule has 0 heterocycles. The molecule has 15 heavy (non-hydrogen) atoms. The normalized spacial score (nSPS) is 14.1. The van der Waals surface area contributed by atoms with Gasteiger partial charge in [-0.25, -0.2) is 13.6 Å². The van der Waals surface area contributed by atoms with Gasteiger partial charge in [-0.2, -0.15) is 0 Å². The highest BCUT2D eigenvalue weighted by Gasteiger charge is 2.15. The Labute approximate surface area is 92.0 Å². The fraction of sp³-hybridized carbons (Fsp3) is 1.00. The standard InChI is InChI=1S/C9H21NO4S/c1-3-4-9(8-15(10,11)12)7-14-6-5-13-2/h9H,3-8H2,1-2H3,(H2,10,11,12). The van der Waals surface area contributed by atoms with Crippen LogP contribution in [-0.2, 0) is 19.5 Å². The van der Waals surface area contributed by atoms with E-state index in [0.717, 1.165) is 12.8 Å². The minimum atomic E-state index is -3.40. The molecular weight excluding hydrogens is 218 g/mol. The van der Waals surface area contributed by atoms with Gasteiger partial charge in [-0.05, 0) is 12.3 Å². The highest BCUT2D eigenvalue weighted by atomic mass is 32.2. The number of rotatable bonds is 9. The molecule has 0 saturated carbocycles. The zero-order valence-corrected chi connectivity index (χ0v) is 10.3. The number of nitrogens with two attached hydrogens (primary N) is 1. The molecule has 0 aromatic heterocycles. The van der Waals surface area contributed by atoms with Crippen molar-refractivity contribution in [1.82, 2.24) is 0 Å². The molecule has 0 amide bonds. The van der Waals surface area contributed by atoms with Gasteiger partial charge < -0.3 is 9.47 Å². The van der Waals surface area contributed by atoms with E-state index in [4.69, 9.17) is 14.6 Å². The van der Waals surface area contributed by atoms with Crippen molar-refractivity contribution in [2.75, 3.05) is 32.7 Å². The van der Waals surface area contributed by atoms with Crippen LogP contribution in [0.25, 0.3) is 0 Å². The number of hydrogen-bond acceptors (Lipinski definition) is 4. The third kappa shape index (κ3) is 10.1. The van der Waals surface area contributed by atoms with Crippen LogP contribution >= 0.6 is 0 Å². The molecule has 0 aromatic rings. The predicted octanol–water partition coefficient (Wildman–Crippen LogP) is 0.354. The first-order valence-corrected chi connectivity index (χ1v) is 6.78. The molecule has 0 saturated heterocycles. The lowest BCUT2D eigenvalue weighted by Crippen LogP contribution is -2.26. The number of ether oxygens (including phenoxy) is 2. The van der Waals surface area contributed by atoms with E-state index in [1.165, 1.54) is 0 Å². The van der Waals surface area contributed by atoms with Crippen molar-refractivity contribution in [3.63, 3.8) is 0 Å². The van der Waals surface area contributed by atoms with E-state index in [-0.39, 0.29) is 11.7 Å². The Morgan fingerprint density at radius 2 is 2.00 bits per heavy atom. The van der Waals surface area contributed by atoms with Gasteiger partial charge in [0.15, 0.2) is 0 Å². The molecule has 2 N–H and O–H groups in total. The molecule has 0 radical (unpaired) electrons. The monoisotopic (exact) mass is 239 g/mol. The summed E-state index contributed by atoms with van der Waals surface area (Å²) < 4.78 is 31.9. The van der Waals surface area contributed by atoms with Gasteiger partial charge in [0.25, 0.3) is 0 Å². The largest absolute Gasteiger partial charge is 0.382 e. The molecule has 6 heteroatoms. The quantitative estimate of drug-likeness (QED) is 0.589. The first-order chi connectivity index (χ1) is 6.99. The first kappa shape index (κ1) is 14.8. The Hall–Kier alpha value is -0.170. The molecular formula is C9H21NO4S. The third-order valence-electron chi connectivity index (χ3n) is 1.95. The zero-order chi connectivity index (χ0) is 11.7. The van der Waals surface area contributed by atoms with Crippen LogP contribution in [0.1, 0.15) is 19.8 Å². The lowest BCUT2D eigenvalue weighted by molar-refractivity contribution is 0.0533. The molecule has 0 aliphatic carbocycles. The van der Waals surface area contributed by atoms with Crippen LogP contribution in [0, 0.1) is 5.92 Å². The summed E-state index contributed by atoms with van der Waals surface area (Å²) in [4.78, 5) is 0. The van der Waals surface area contributed by atoms with Crippen molar-refractivity contribution >= 4 is 10.0 Å². The highest BCUT2D eigenvalue weighted by Crippen LogP contribution is 2.08. The second-order valence-corrected chi connectivity index (χ2v) is 5.21. The van der Waals surface area contributed by atoms with Gasteiger partial charge >= 0.3 is 0 Å². The van der Waals surface area contributed by atoms with Crippen molar-refractivity contribution < 1.29 is 17.9 Å². The van der Waals surface area contributed by atoms with Crippen LogP contribution in [-0.4, -0.2) is 41.1 Å². The molecule has 0 bridgehead atoms. The van der Waals surface area contributed by atoms with E-state index >= 15 is 0 Å². The fourth-order valence-corrected chi connectivity index (χ4v) is 2.26. The lowest BCUT2D eigenvalue weighted by Gasteiger charge is -2.14. The van der Waals surface area contributed by atoms with E-state index < -0.39 is 10.0 Å². The molecule has 5 nitrogen and oxygen atoms in total. The summed E-state index contributed by atoms with van der Waals surface area (Å²) >= 11 is 0. The smallest absolute Gasteiger partial charge is 0.209 e. The van der Waals surface area contributed by atoms with Gasteiger partial charge in [0.05, 0.1) is 25.6 Å². The Kier molecular flexibility index (Phi) is 7.95. The maximum atomic E-state index is 10.9. The number of methoxy groups -OCH3 is 1. The molecule has 92 valence electrons. The van der Waals surface area contributed by atoms with E-state index in [2.05, 4.69) is 0 Å². The molecule has 1 unspecified atom stereocenters. The summed E-state index contributed by atoms with van der Waals surface area (Å²) in [6.07, 6.45) is 1.73. The Morgan fingerprint density at radius 1 is 1.33 bits per heavy atom. The molecule has 0 rings (SSSR count). The third-order valence-corrected chi connectivity index (χ3v) is 2.89. The Bertz CT molecular complexity index is 240. The van der Waals surface area contributed by atoms with Crippen molar-refractivity contribution in [3.05, 3.63) is 0 Å². The maximum absolute atomic E-state index is 10.9. The van der Waals surface area contributed by atoms with Gasteiger partial charge in [-0.15, -0.1) is 0 Å². The zero-order valence-electron chi connectivity index (χ0n) is 9.44. The fourth-order valence-electron chi connectivity index (χ4n) is 1.34. The second-order valence-electron chi connectivity index (χ2n) is 3.55. The van der Waals surface area contributed by atoms with Gasteiger partial charge in [-0.3, -0.25) is 0 Å². The Balaban J connectivity index is 3.83. The van der Waals surface area contributed by atoms with Crippen molar-refractivity contribution in [2.24, 2.45) is 11.1 Å². The van der Waals surface area contributed by atoms with Crippen molar-refractivity contribution in [1.29, 1.82) is 0 Å². The average molecular weight is 239 g/mol. The number of sulfonamides is 1. The van der Waals surface area contributed by atoms with E-state index in [0.29, 0.717) is 19.8 Å². The topological polar surface area (TPSA) is 78.6 Å². The summed E-state index contributed by atoms with van der Waals surface area (Å²) in [7, 11) is -1.81. The minimum Gasteiger partial charge on any atom is -0.382 e. The van der Waals surface area contributed by atoms with E-state index in [1.54, 1.807) is 7.11 Å². The predicted molar refractivity (Wildman–Crippen MR) is 59.1 cm³/mol. The first-order valence-electron chi connectivity index (χ1n) is 5.06. The second kappa shape index (κ2) is 8.04. The van der Waals surface area contributed by atoms with Crippen molar-refractivity contribution in [2.45, 2.75) is 19.8 Å². The van der Waals surface area contributed by atoms with Gasteiger partial charge in [0, 0.05) is 7.11 Å². The summed E-state index contributed by atoms with van der Waals surface area (Å²) in [5.74, 6) is -0.0183. The van der Waals surface area contributed by atoms with Gasteiger partial charge in [-0.1, -0.05) is 13.3 Å². The molecule has 1 atom stereocenters. The van der Waals surface area contributed by atoms with Crippen LogP contribution in [0.2, 0.25) is 0 Å². The highest BCUT2D eigenvalue weighted by molar-refractivity contribution is 7.89. The molecule has 0 aliphatic heterocycles. The summed E-state index contributed by atoms with van der Waals surface area (Å²) in [5.41, 5.74) is 0. The molecule has 0 aromatic carbocycles. The lowest BCUT2D eigenvalue weighted by atomic mass is 10.1. The van der Waals surface area contributed by atoms with Crippen LogP contribution in [0.15, 0.2) is 0 Å². The summed E-state index contributed by atoms with van der Waals surface area (Å²) in [5, 5.41) is 4.99. The van der Waals surface area contributed by atoms with Crippen LogP contribution in [0.5, 0.6) is 0 Å². The average Bonchev–Trinajstić information content (AvgIpc) is 2.10. The molecule has 0 fully saturated rings.